The van der Waals surface area contributed by atoms with E-state index in [1.165, 1.54) is 6.07 Å². The fourth-order valence-electron chi connectivity index (χ4n) is 2.93. The smallest absolute Gasteiger partial charge is 0.370 e. The fraction of sp³-hybridized carbons (Fsp3) is 0.562. The van der Waals surface area contributed by atoms with E-state index in [0.29, 0.717) is 12.0 Å². The van der Waals surface area contributed by atoms with Crippen LogP contribution in [0.3, 0.4) is 0 Å². The van der Waals surface area contributed by atoms with Crippen LogP contribution in [0, 0.1) is 5.92 Å². The Balaban J connectivity index is 2.30. The molecule has 1 aromatic rings. The molecule has 0 aromatic heterocycles. The van der Waals surface area contributed by atoms with Crippen molar-refractivity contribution in [3.8, 4) is 0 Å². The zero-order valence-corrected chi connectivity index (χ0v) is 13.1. The number of piperazine rings is 1. The number of halogens is 3. The van der Waals surface area contributed by atoms with Gasteiger partial charge in [0.15, 0.2) is 0 Å². The third-order valence-electron chi connectivity index (χ3n) is 3.98. The molecule has 0 saturated carbocycles. The number of carbonyl (C=O) groups is 1. The number of alkyl halides is 3. The molecule has 1 aliphatic heterocycles. The van der Waals surface area contributed by atoms with E-state index in [1.807, 2.05) is 6.92 Å². The number of hydrogen-bond acceptors (Lipinski definition) is 3. The number of nitrogens with one attached hydrogen (secondary N) is 1. The quantitative estimate of drug-likeness (QED) is 0.870. The monoisotopic (exact) mass is 329 g/mol. The molecule has 0 spiro atoms. The molecule has 1 aromatic carbocycles. The summed E-state index contributed by atoms with van der Waals surface area (Å²) in [5.41, 5.74) is 5.97. The van der Waals surface area contributed by atoms with Gasteiger partial charge in [0.25, 0.3) is 0 Å². The third kappa shape index (κ3) is 4.86. The summed E-state index contributed by atoms with van der Waals surface area (Å²) in [5.74, 6) is -0.536. The van der Waals surface area contributed by atoms with E-state index < -0.39 is 17.6 Å². The van der Waals surface area contributed by atoms with Crippen molar-refractivity contribution in [3.05, 3.63) is 29.3 Å². The zero-order valence-electron chi connectivity index (χ0n) is 13.1. The molecule has 1 fully saturated rings. The van der Waals surface area contributed by atoms with Gasteiger partial charge in [-0.1, -0.05) is 6.92 Å². The van der Waals surface area contributed by atoms with Gasteiger partial charge in [0, 0.05) is 38.3 Å². The Morgan fingerprint density at radius 2 is 2.00 bits per heavy atom. The maximum atomic E-state index is 13.0. The van der Waals surface area contributed by atoms with Crippen molar-refractivity contribution in [3.63, 3.8) is 0 Å². The highest BCUT2D eigenvalue weighted by atomic mass is 19.4. The summed E-state index contributed by atoms with van der Waals surface area (Å²) in [6.45, 7) is 4.94. The number of anilines is 1. The number of nitrogens with zero attached hydrogens (tertiary/aromatic N) is 1. The second-order valence-corrected chi connectivity index (χ2v) is 6.06. The Morgan fingerprint density at radius 3 is 2.57 bits per heavy atom. The molecule has 23 heavy (non-hydrogen) atoms. The van der Waals surface area contributed by atoms with Crippen molar-refractivity contribution in [1.82, 2.24) is 5.32 Å². The maximum Gasteiger partial charge on any atom is 0.416 e. The molecule has 2 rings (SSSR count). The van der Waals surface area contributed by atoms with Crippen molar-refractivity contribution in [2.45, 2.75) is 25.9 Å². The average molecular weight is 329 g/mol. The molecule has 7 heteroatoms. The topological polar surface area (TPSA) is 58.4 Å². The zero-order chi connectivity index (χ0) is 17.0. The normalized spacial score (nSPS) is 17.1. The van der Waals surface area contributed by atoms with E-state index in [-0.39, 0.29) is 12.3 Å². The standard InChI is InChI=1S/C16H22F3N3O/c1-11(9-15(20)23)8-12-10-13(16(17,18)19)2-3-14(12)22-6-4-21-5-7-22/h2-3,10-11,21H,4-9H2,1H3,(H2,20,23)/t11-/m0/s1. The number of nitrogens with two attached hydrogens (primary N) is 1. The van der Waals surface area contributed by atoms with E-state index >= 15 is 0 Å². The van der Waals surface area contributed by atoms with Crippen LogP contribution in [0.25, 0.3) is 0 Å². The Hall–Kier alpha value is -1.76. The molecule has 0 bridgehead atoms. The lowest BCUT2D eigenvalue weighted by Gasteiger charge is -2.32. The second-order valence-electron chi connectivity index (χ2n) is 6.06. The largest absolute Gasteiger partial charge is 0.416 e. The maximum absolute atomic E-state index is 13.0. The highest BCUT2D eigenvalue weighted by molar-refractivity contribution is 5.74. The van der Waals surface area contributed by atoms with Crippen LogP contribution in [-0.2, 0) is 17.4 Å². The van der Waals surface area contributed by atoms with Gasteiger partial charge >= 0.3 is 6.18 Å². The van der Waals surface area contributed by atoms with Crippen molar-refractivity contribution in [2.24, 2.45) is 11.7 Å². The highest BCUT2D eigenvalue weighted by Crippen LogP contribution is 2.34. The van der Waals surface area contributed by atoms with E-state index in [2.05, 4.69) is 10.2 Å². The molecule has 1 atom stereocenters. The van der Waals surface area contributed by atoms with Crippen LogP contribution in [0.15, 0.2) is 18.2 Å². The number of benzene rings is 1. The van der Waals surface area contributed by atoms with Crippen molar-refractivity contribution in [1.29, 1.82) is 0 Å². The van der Waals surface area contributed by atoms with Crippen molar-refractivity contribution in [2.75, 3.05) is 31.1 Å². The lowest BCUT2D eigenvalue weighted by Crippen LogP contribution is -2.44. The molecule has 1 amide bonds. The molecule has 1 aliphatic rings. The summed E-state index contributed by atoms with van der Waals surface area (Å²) in [6.07, 6.45) is -3.81. The Bertz CT molecular complexity index is 554. The molecular formula is C16H22F3N3O. The molecule has 1 saturated heterocycles. The van der Waals surface area contributed by atoms with E-state index in [1.54, 1.807) is 6.07 Å². The van der Waals surface area contributed by atoms with Crippen molar-refractivity contribution >= 4 is 11.6 Å². The number of rotatable bonds is 5. The van der Waals surface area contributed by atoms with E-state index in [4.69, 9.17) is 5.73 Å². The van der Waals surface area contributed by atoms with Crippen LogP contribution in [-0.4, -0.2) is 32.1 Å². The van der Waals surface area contributed by atoms with Crippen LogP contribution in [0.4, 0.5) is 18.9 Å². The number of amides is 1. The predicted octanol–water partition coefficient (Wildman–Crippen LogP) is 2.17. The first-order valence-electron chi connectivity index (χ1n) is 7.71. The lowest BCUT2D eigenvalue weighted by atomic mass is 9.94. The van der Waals surface area contributed by atoms with Gasteiger partial charge in [0.05, 0.1) is 5.56 Å². The van der Waals surface area contributed by atoms with Gasteiger partial charge in [-0.05, 0) is 36.1 Å². The van der Waals surface area contributed by atoms with Gasteiger partial charge in [-0.2, -0.15) is 13.2 Å². The summed E-state index contributed by atoms with van der Waals surface area (Å²) in [5, 5.41) is 3.22. The van der Waals surface area contributed by atoms with Gasteiger partial charge in [-0.3, -0.25) is 4.79 Å². The van der Waals surface area contributed by atoms with Gasteiger partial charge in [0.1, 0.15) is 0 Å². The summed E-state index contributed by atoms with van der Waals surface area (Å²) < 4.78 is 39.0. The Morgan fingerprint density at radius 1 is 1.35 bits per heavy atom. The van der Waals surface area contributed by atoms with E-state index in [0.717, 1.165) is 37.9 Å². The minimum Gasteiger partial charge on any atom is -0.370 e. The summed E-state index contributed by atoms with van der Waals surface area (Å²) >= 11 is 0. The van der Waals surface area contributed by atoms with Crippen LogP contribution >= 0.6 is 0 Å². The van der Waals surface area contributed by atoms with Crippen LogP contribution in [0.2, 0.25) is 0 Å². The summed E-state index contributed by atoms with van der Waals surface area (Å²) in [7, 11) is 0. The fourth-order valence-corrected chi connectivity index (χ4v) is 2.93. The average Bonchev–Trinajstić information content (AvgIpc) is 2.46. The second kappa shape index (κ2) is 7.21. The first-order valence-corrected chi connectivity index (χ1v) is 7.71. The molecule has 0 radical (unpaired) electrons. The van der Waals surface area contributed by atoms with E-state index in [9.17, 15) is 18.0 Å². The Labute approximate surface area is 133 Å². The van der Waals surface area contributed by atoms with Crippen molar-refractivity contribution < 1.29 is 18.0 Å². The minimum absolute atomic E-state index is 0.0994. The molecule has 0 unspecified atom stereocenters. The third-order valence-corrected chi connectivity index (χ3v) is 3.98. The van der Waals surface area contributed by atoms with Gasteiger partial charge < -0.3 is 16.0 Å². The molecular weight excluding hydrogens is 307 g/mol. The number of hydrogen-bond donors (Lipinski definition) is 2. The highest BCUT2D eigenvalue weighted by Gasteiger charge is 2.31. The van der Waals surface area contributed by atoms with Crippen LogP contribution in [0.5, 0.6) is 0 Å². The van der Waals surface area contributed by atoms with Crippen LogP contribution in [0.1, 0.15) is 24.5 Å². The summed E-state index contributed by atoms with van der Waals surface area (Å²) in [4.78, 5) is 13.1. The first-order chi connectivity index (χ1) is 10.8. The van der Waals surface area contributed by atoms with Gasteiger partial charge in [-0.15, -0.1) is 0 Å². The molecule has 128 valence electrons. The predicted molar refractivity (Wildman–Crippen MR) is 83.2 cm³/mol. The lowest BCUT2D eigenvalue weighted by molar-refractivity contribution is -0.137. The number of primary amides is 1. The molecule has 0 aliphatic carbocycles. The van der Waals surface area contributed by atoms with Gasteiger partial charge in [-0.25, -0.2) is 0 Å². The first kappa shape index (κ1) is 17.6. The number of carbonyl (C=O) groups excluding carboxylic acids is 1. The molecule has 1 heterocycles. The van der Waals surface area contributed by atoms with Gasteiger partial charge in [0.2, 0.25) is 5.91 Å². The summed E-state index contributed by atoms with van der Waals surface area (Å²) in [6, 6.07) is 3.87. The molecule has 4 nitrogen and oxygen atoms in total. The SMILES string of the molecule is C[C@H](CC(N)=O)Cc1cc(C(F)(F)F)ccc1N1CCNCC1. The Kier molecular flexibility index (Phi) is 5.51. The molecule has 3 N–H and O–H groups in total. The van der Waals surface area contributed by atoms with Crippen LogP contribution < -0.4 is 16.0 Å². The minimum atomic E-state index is -4.37.